The van der Waals surface area contributed by atoms with Gasteiger partial charge in [-0.3, -0.25) is 19.9 Å². The Kier molecular flexibility index (Phi) is 8.44. The number of carbonyl (C=O) groups is 1. The van der Waals surface area contributed by atoms with Crippen molar-refractivity contribution in [3.8, 4) is 0 Å². The molecule has 4 N–H and O–H groups in total. The van der Waals surface area contributed by atoms with Gasteiger partial charge in [0.05, 0.1) is 37.1 Å². The smallest absolute Gasteiger partial charge is 0.349 e. The second-order valence-corrected chi connectivity index (χ2v) is 9.39. The number of fused-ring (bicyclic) bond motifs is 1. The van der Waals surface area contributed by atoms with Crippen LogP contribution in [-0.2, 0) is 17.9 Å². The molecule has 0 amide bonds. The van der Waals surface area contributed by atoms with E-state index in [4.69, 9.17) is 5.11 Å². The van der Waals surface area contributed by atoms with Crippen molar-refractivity contribution in [2.45, 2.75) is 32.4 Å². The molecule has 0 saturated carbocycles. The molecule has 12 heteroatoms. The third-order valence-corrected chi connectivity index (χ3v) is 6.93. The minimum absolute atomic E-state index is 0. The molecule has 1 aromatic carbocycles. The maximum atomic E-state index is 13.5. The van der Waals surface area contributed by atoms with Gasteiger partial charge in [0.25, 0.3) is 0 Å². The summed E-state index contributed by atoms with van der Waals surface area (Å²) in [5, 5.41) is 33.4. The van der Waals surface area contributed by atoms with Crippen LogP contribution < -0.4 is 25.7 Å². The number of piperazine rings is 1. The van der Waals surface area contributed by atoms with Gasteiger partial charge in [0.2, 0.25) is 5.82 Å². The van der Waals surface area contributed by atoms with E-state index in [0.717, 1.165) is 61.5 Å². The Labute approximate surface area is 216 Å². The van der Waals surface area contributed by atoms with Crippen molar-refractivity contribution in [1.82, 2.24) is 20.6 Å². The third-order valence-electron chi connectivity index (χ3n) is 6.93. The molecule has 194 valence electrons. The SMILES string of the molecule is Cl.O=C(O)CC1CCN(c2nc3c(c(Nc4ccc(CN5CCNCC5)cc4)[n+]2[O-])CNN=C3)CC1. The molecule has 1 aromatic heterocycles. The van der Waals surface area contributed by atoms with Crippen molar-refractivity contribution < 1.29 is 14.6 Å². The van der Waals surface area contributed by atoms with Crippen LogP contribution in [0.3, 0.4) is 0 Å². The van der Waals surface area contributed by atoms with Crippen molar-refractivity contribution in [1.29, 1.82) is 0 Å². The normalized spacial score (nSPS) is 18.2. The lowest BCUT2D eigenvalue weighted by Gasteiger charge is -2.31. The third kappa shape index (κ3) is 5.97. The molecule has 0 aliphatic carbocycles. The van der Waals surface area contributed by atoms with Gasteiger partial charge < -0.3 is 21.1 Å². The number of nitrogens with zero attached hydrogens (tertiary/aromatic N) is 5. The number of hydrogen-bond donors (Lipinski definition) is 4. The van der Waals surface area contributed by atoms with E-state index in [-0.39, 0.29) is 24.7 Å². The van der Waals surface area contributed by atoms with Crippen LogP contribution in [0.1, 0.15) is 36.1 Å². The summed E-state index contributed by atoms with van der Waals surface area (Å²) < 4.78 is 0.867. The fourth-order valence-corrected chi connectivity index (χ4v) is 4.94. The zero-order valence-corrected chi connectivity index (χ0v) is 21.0. The van der Waals surface area contributed by atoms with E-state index in [1.54, 1.807) is 6.21 Å². The molecule has 11 nitrogen and oxygen atoms in total. The Bertz CT molecular complexity index is 1080. The Hall–Kier alpha value is -3.15. The number of aromatic nitrogens is 2. The van der Waals surface area contributed by atoms with Gasteiger partial charge in [0.1, 0.15) is 0 Å². The van der Waals surface area contributed by atoms with Gasteiger partial charge in [-0.2, -0.15) is 5.10 Å². The van der Waals surface area contributed by atoms with E-state index in [9.17, 15) is 10.0 Å². The minimum Gasteiger partial charge on any atom is -0.754 e. The van der Waals surface area contributed by atoms with E-state index in [1.807, 2.05) is 17.0 Å². The van der Waals surface area contributed by atoms with Crippen LogP contribution in [0.15, 0.2) is 29.4 Å². The topological polar surface area (TPSA) is 132 Å². The predicted octanol–water partition coefficient (Wildman–Crippen LogP) is 1.41. The fourth-order valence-electron chi connectivity index (χ4n) is 4.94. The zero-order chi connectivity index (χ0) is 24.2. The van der Waals surface area contributed by atoms with Crippen LogP contribution in [0, 0.1) is 11.1 Å². The number of hydrogen-bond acceptors (Lipinski definition) is 9. The monoisotopic (exact) mass is 516 g/mol. The lowest BCUT2D eigenvalue weighted by atomic mass is 9.94. The first-order valence-electron chi connectivity index (χ1n) is 12.2. The average Bonchev–Trinajstić information content (AvgIpc) is 2.87. The van der Waals surface area contributed by atoms with E-state index >= 15 is 0 Å². The van der Waals surface area contributed by atoms with Gasteiger partial charge in [-0.1, -0.05) is 12.1 Å². The predicted molar refractivity (Wildman–Crippen MR) is 140 cm³/mol. The van der Waals surface area contributed by atoms with Gasteiger partial charge in [0, 0.05) is 39.1 Å². The van der Waals surface area contributed by atoms with Crippen molar-refractivity contribution >= 4 is 42.0 Å². The van der Waals surface area contributed by atoms with Gasteiger partial charge in [-0.15, -0.1) is 17.4 Å². The van der Waals surface area contributed by atoms with Crippen molar-refractivity contribution in [3.63, 3.8) is 0 Å². The lowest BCUT2D eigenvalue weighted by molar-refractivity contribution is -0.580. The summed E-state index contributed by atoms with van der Waals surface area (Å²) in [6.07, 6.45) is 3.25. The maximum Gasteiger partial charge on any atom is 0.349 e. The van der Waals surface area contributed by atoms with Crippen molar-refractivity contribution in [2.24, 2.45) is 11.0 Å². The molecule has 4 heterocycles. The molecule has 0 unspecified atom stereocenters. The number of carboxylic acids is 1. The lowest BCUT2D eigenvalue weighted by Crippen LogP contribution is -2.46. The Morgan fingerprint density at radius 2 is 1.89 bits per heavy atom. The number of piperidine rings is 1. The van der Waals surface area contributed by atoms with Gasteiger partial charge >= 0.3 is 11.9 Å². The summed E-state index contributed by atoms with van der Waals surface area (Å²) in [6, 6.07) is 8.21. The molecule has 5 rings (SSSR count). The summed E-state index contributed by atoms with van der Waals surface area (Å²) in [7, 11) is 0. The highest BCUT2D eigenvalue weighted by atomic mass is 35.5. The number of hydrazone groups is 1. The molecular weight excluding hydrogens is 484 g/mol. The summed E-state index contributed by atoms with van der Waals surface area (Å²) in [5.41, 5.74) is 6.43. The van der Waals surface area contributed by atoms with Gasteiger partial charge in [-0.05, 0) is 36.5 Å². The Balaban J connectivity index is 0.00000304. The highest BCUT2D eigenvalue weighted by molar-refractivity contribution is 5.85. The van der Waals surface area contributed by atoms with Crippen molar-refractivity contribution in [3.05, 3.63) is 46.3 Å². The Morgan fingerprint density at radius 1 is 1.17 bits per heavy atom. The fraction of sp³-hybridized carbons (Fsp3) is 0.500. The first kappa shape index (κ1) is 25.9. The van der Waals surface area contributed by atoms with Crippen LogP contribution in [0.5, 0.6) is 0 Å². The number of carboxylic acid groups (broad SMARTS) is 1. The number of halogens is 1. The summed E-state index contributed by atoms with van der Waals surface area (Å²) in [6.45, 7) is 6.65. The number of benzene rings is 1. The molecule has 3 aliphatic rings. The summed E-state index contributed by atoms with van der Waals surface area (Å²) in [5.74, 6) is 0.114. The maximum absolute atomic E-state index is 13.5. The first-order chi connectivity index (χ1) is 17.1. The van der Waals surface area contributed by atoms with Crippen LogP contribution in [0.2, 0.25) is 0 Å². The van der Waals surface area contributed by atoms with Gasteiger partial charge in [-0.25, -0.2) is 4.73 Å². The second kappa shape index (κ2) is 11.7. The zero-order valence-electron chi connectivity index (χ0n) is 20.2. The molecular formula is C24H33ClN8O3. The van der Waals surface area contributed by atoms with Crippen LogP contribution in [0.4, 0.5) is 17.5 Å². The van der Waals surface area contributed by atoms with Crippen LogP contribution in [-0.4, -0.2) is 66.4 Å². The Morgan fingerprint density at radius 3 is 2.58 bits per heavy atom. The van der Waals surface area contributed by atoms with E-state index in [0.29, 0.717) is 37.1 Å². The number of rotatable bonds is 7. The molecule has 0 atom stereocenters. The van der Waals surface area contributed by atoms with Crippen LogP contribution >= 0.6 is 12.4 Å². The molecule has 36 heavy (non-hydrogen) atoms. The standard InChI is InChI=1S/C24H32N8O3.ClH/c33-22(34)13-17-5-9-31(10-6-17)24-29-21-15-27-26-14-20(21)23(32(24)35)28-19-3-1-18(2-4-19)16-30-11-7-25-8-12-30;/h1-4,15,17,25-26,28H,5-14,16H2,(H,33,34);1H. The van der Waals surface area contributed by atoms with E-state index in [2.05, 4.69) is 43.2 Å². The highest BCUT2D eigenvalue weighted by Crippen LogP contribution is 2.27. The largest absolute Gasteiger partial charge is 0.754 e. The van der Waals surface area contributed by atoms with Crippen LogP contribution in [0.25, 0.3) is 0 Å². The average molecular weight is 517 g/mol. The molecule has 0 bridgehead atoms. The minimum atomic E-state index is -0.775. The van der Waals surface area contributed by atoms with Crippen molar-refractivity contribution in [2.75, 3.05) is 49.5 Å². The number of anilines is 3. The quantitative estimate of drug-likeness (QED) is 0.318. The molecule has 2 saturated heterocycles. The summed E-state index contributed by atoms with van der Waals surface area (Å²) >= 11 is 0. The molecule has 2 fully saturated rings. The van der Waals surface area contributed by atoms with E-state index in [1.165, 1.54) is 5.56 Å². The number of nitrogens with one attached hydrogen (secondary N) is 3. The van der Waals surface area contributed by atoms with Gasteiger partial charge in [0.15, 0.2) is 5.69 Å². The molecule has 0 radical (unpaired) electrons. The second-order valence-electron chi connectivity index (χ2n) is 9.39. The molecule has 2 aromatic rings. The summed E-state index contributed by atoms with van der Waals surface area (Å²) in [4.78, 5) is 20.1. The molecule has 3 aliphatic heterocycles. The first-order valence-corrected chi connectivity index (χ1v) is 12.2. The van der Waals surface area contributed by atoms with E-state index < -0.39 is 5.97 Å². The number of aliphatic carboxylic acids is 1. The highest BCUT2D eigenvalue weighted by Gasteiger charge is 2.30. The molecule has 0 spiro atoms.